The average Bonchev–Trinajstić information content (AvgIpc) is 2.24. The smallest absolute Gasteiger partial charge is 0.433 e. The van der Waals surface area contributed by atoms with E-state index in [0.717, 1.165) is 13.0 Å². The number of carbonyl (C=O) groups excluding carboxylic acids is 1. The molecule has 0 aliphatic rings. The van der Waals surface area contributed by atoms with E-state index in [0.29, 0.717) is 11.0 Å². The molecule has 1 aromatic rings. The molecule has 0 saturated carbocycles. The summed E-state index contributed by atoms with van der Waals surface area (Å²) in [4.78, 5) is 26.7. The molecular weight excluding hydrogens is 289 g/mol. The zero-order chi connectivity index (χ0) is 16.6. The van der Waals surface area contributed by atoms with Gasteiger partial charge in [-0.2, -0.15) is 13.2 Å². The quantitative estimate of drug-likeness (QED) is 0.848. The molecule has 0 spiro atoms. The number of hydrogen-bond acceptors (Lipinski definition) is 3. The van der Waals surface area contributed by atoms with Crippen LogP contribution in [0, 0.1) is 0 Å². The normalized spacial score (nSPS) is 12.1. The molecule has 1 rings (SSSR count). The summed E-state index contributed by atoms with van der Waals surface area (Å²) >= 11 is 0. The van der Waals surface area contributed by atoms with Crippen molar-refractivity contribution in [2.45, 2.75) is 39.4 Å². The molecule has 0 radical (unpaired) electrons. The molecule has 0 atom stereocenters. The van der Waals surface area contributed by atoms with Gasteiger partial charge in [0, 0.05) is 11.1 Å². The Hall–Kier alpha value is -2.12. The number of aromatic nitrogens is 1. The van der Waals surface area contributed by atoms with Crippen LogP contribution in [-0.2, 0) is 6.18 Å². The standard InChI is InChI=1S/C13H15F3N2O3/c1-7(19)8-5-9(13(14,15)16)17-10(6-8)18(11(20)21)12(2,3)4/h5-6H,1-4H3,(H,20,21). The lowest BCUT2D eigenvalue weighted by Gasteiger charge is -2.32. The Morgan fingerprint density at radius 2 is 1.71 bits per heavy atom. The highest BCUT2D eigenvalue weighted by atomic mass is 19.4. The van der Waals surface area contributed by atoms with Gasteiger partial charge in [-0.3, -0.25) is 9.69 Å². The second-order valence-corrected chi connectivity index (χ2v) is 5.44. The number of carboxylic acid groups (broad SMARTS) is 1. The highest BCUT2D eigenvalue weighted by Gasteiger charge is 2.36. The largest absolute Gasteiger partial charge is 0.465 e. The van der Waals surface area contributed by atoms with Gasteiger partial charge in [-0.1, -0.05) is 0 Å². The van der Waals surface area contributed by atoms with Crippen LogP contribution in [-0.4, -0.2) is 27.5 Å². The Morgan fingerprint density at radius 1 is 1.19 bits per heavy atom. The summed E-state index contributed by atoms with van der Waals surface area (Å²) in [7, 11) is 0. The summed E-state index contributed by atoms with van der Waals surface area (Å²) in [5.74, 6) is -1.04. The second kappa shape index (κ2) is 5.34. The maximum absolute atomic E-state index is 12.8. The lowest BCUT2D eigenvalue weighted by atomic mass is 10.1. The van der Waals surface area contributed by atoms with Crippen molar-refractivity contribution in [2.24, 2.45) is 0 Å². The Morgan fingerprint density at radius 3 is 2.05 bits per heavy atom. The van der Waals surface area contributed by atoms with E-state index in [1.807, 2.05) is 0 Å². The molecule has 0 fully saturated rings. The van der Waals surface area contributed by atoms with Gasteiger partial charge in [0.25, 0.3) is 0 Å². The lowest BCUT2D eigenvalue weighted by molar-refractivity contribution is -0.141. The van der Waals surface area contributed by atoms with Crippen LogP contribution in [0.2, 0.25) is 0 Å². The molecule has 5 nitrogen and oxygen atoms in total. The molecule has 0 aromatic carbocycles. The van der Waals surface area contributed by atoms with Crippen LogP contribution in [0.4, 0.5) is 23.8 Å². The van der Waals surface area contributed by atoms with E-state index in [4.69, 9.17) is 0 Å². The summed E-state index contributed by atoms with van der Waals surface area (Å²) < 4.78 is 38.5. The first-order valence-corrected chi connectivity index (χ1v) is 5.97. The number of carbonyl (C=O) groups is 2. The summed E-state index contributed by atoms with van der Waals surface area (Å²) in [6.45, 7) is 5.63. The van der Waals surface area contributed by atoms with Crippen LogP contribution in [0.5, 0.6) is 0 Å². The van der Waals surface area contributed by atoms with Crippen molar-refractivity contribution in [1.29, 1.82) is 0 Å². The molecule has 1 heterocycles. The third kappa shape index (κ3) is 3.93. The van der Waals surface area contributed by atoms with E-state index in [1.54, 1.807) is 0 Å². The van der Waals surface area contributed by atoms with Crippen molar-refractivity contribution in [3.05, 3.63) is 23.4 Å². The topological polar surface area (TPSA) is 70.5 Å². The Bertz CT molecular complexity index is 577. The van der Waals surface area contributed by atoms with Gasteiger partial charge in [0.05, 0.1) is 0 Å². The number of amides is 1. The van der Waals surface area contributed by atoms with Crippen molar-refractivity contribution in [2.75, 3.05) is 4.90 Å². The third-order valence-electron chi connectivity index (χ3n) is 2.60. The molecule has 1 aromatic heterocycles. The van der Waals surface area contributed by atoms with Crippen LogP contribution in [0.25, 0.3) is 0 Å². The predicted octanol–water partition coefficient (Wildman–Crippen LogP) is 3.59. The Labute approximate surface area is 119 Å². The highest BCUT2D eigenvalue weighted by molar-refractivity contribution is 5.96. The minimum Gasteiger partial charge on any atom is -0.465 e. The summed E-state index contributed by atoms with van der Waals surface area (Å²) in [5, 5.41) is 9.21. The number of anilines is 1. The Kier molecular flexibility index (Phi) is 4.31. The molecule has 1 amide bonds. The van der Waals surface area contributed by atoms with E-state index in [-0.39, 0.29) is 5.56 Å². The average molecular weight is 304 g/mol. The first-order chi connectivity index (χ1) is 9.34. The van der Waals surface area contributed by atoms with E-state index in [2.05, 4.69) is 4.98 Å². The van der Waals surface area contributed by atoms with Crippen molar-refractivity contribution < 1.29 is 27.9 Å². The van der Waals surface area contributed by atoms with E-state index < -0.39 is 35.1 Å². The molecule has 0 bridgehead atoms. The fraction of sp³-hybridized carbons (Fsp3) is 0.462. The van der Waals surface area contributed by atoms with Gasteiger partial charge in [0.15, 0.2) is 5.78 Å². The number of ketones is 1. The lowest BCUT2D eigenvalue weighted by Crippen LogP contribution is -2.46. The van der Waals surface area contributed by atoms with Crippen LogP contribution in [0.15, 0.2) is 12.1 Å². The third-order valence-corrected chi connectivity index (χ3v) is 2.60. The van der Waals surface area contributed by atoms with Gasteiger partial charge in [-0.05, 0) is 39.8 Å². The minimum atomic E-state index is -4.78. The van der Waals surface area contributed by atoms with Gasteiger partial charge in [0.1, 0.15) is 11.5 Å². The zero-order valence-electron chi connectivity index (χ0n) is 11.9. The molecule has 0 unspecified atom stereocenters. The van der Waals surface area contributed by atoms with E-state index in [9.17, 15) is 27.9 Å². The molecule has 1 N–H and O–H groups in total. The molecule has 8 heteroatoms. The number of rotatable bonds is 2. The fourth-order valence-electron chi connectivity index (χ4n) is 1.71. The van der Waals surface area contributed by atoms with Gasteiger partial charge >= 0.3 is 12.3 Å². The number of alkyl halides is 3. The van der Waals surface area contributed by atoms with E-state index >= 15 is 0 Å². The van der Waals surface area contributed by atoms with Crippen LogP contribution >= 0.6 is 0 Å². The molecule has 116 valence electrons. The first kappa shape index (κ1) is 16.9. The number of pyridine rings is 1. The second-order valence-electron chi connectivity index (χ2n) is 5.44. The molecule has 0 saturated heterocycles. The SMILES string of the molecule is CC(=O)c1cc(N(C(=O)O)C(C)(C)C)nc(C(F)(F)F)c1. The molecular formula is C13H15F3N2O3. The van der Waals surface area contributed by atoms with E-state index in [1.165, 1.54) is 20.8 Å². The van der Waals surface area contributed by atoms with Gasteiger partial charge in [0.2, 0.25) is 0 Å². The minimum absolute atomic E-state index is 0.247. The summed E-state index contributed by atoms with van der Waals surface area (Å²) in [6.07, 6.45) is -6.23. The number of halogens is 3. The number of hydrogen-bond donors (Lipinski definition) is 1. The first-order valence-electron chi connectivity index (χ1n) is 5.97. The number of nitrogens with zero attached hydrogens (tertiary/aromatic N) is 2. The van der Waals surface area contributed by atoms with Crippen molar-refractivity contribution in [3.63, 3.8) is 0 Å². The van der Waals surface area contributed by atoms with Crippen LogP contribution in [0.3, 0.4) is 0 Å². The molecule has 0 aliphatic heterocycles. The van der Waals surface area contributed by atoms with Gasteiger partial charge in [-0.25, -0.2) is 9.78 Å². The fourth-order valence-corrected chi connectivity index (χ4v) is 1.71. The maximum atomic E-state index is 12.8. The number of Topliss-reactive ketones (excluding diaryl/α,β-unsaturated/α-hetero) is 1. The van der Waals surface area contributed by atoms with Crippen molar-refractivity contribution >= 4 is 17.7 Å². The van der Waals surface area contributed by atoms with Crippen molar-refractivity contribution in [3.8, 4) is 0 Å². The van der Waals surface area contributed by atoms with Crippen LogP contribution < -0.4 is 4.90 Å². The van der Waals surface area contributed by atoms with Gasteiger partial charge in [-0.15, -0.1) is 0 Å². The predicted molar refractivity (Wildman–Crippen MR) is 69.5 cm³/mol. The molecule has 21 heavy (non-hydrogen) atoms. The highest BCUT2D eigenvalue weighted by Crippen LogP contribution is 2.32. The van der Waals surface area contributed by atoms with Gasteiger partial charge < -0.3 is 5.11 Å². The van der Waals surface area contributed by atoms with Crippen molar-refractivity contribution in [1.82, 2.24) is 4.98 Å². The molecule has 0 aliphatic carbocycles. The Balaban J connectivity index is 3.58. The van der Waals surface area contributed by atoms with Crippen LogP contribution in [0.1, 0.15) is 43.7 Å². The zero-order valence-corrected chi connectivity index (χ0v) is 11.9. The maximum Gasteiger partial charge on any atom is 0.433 e. The summed E-state index contributed by atoms with van der Waals surface area (Å²) in [6, 6.07) is 1.64. The monoisotopic (exact) mass is 304 g/mol. The summed E-state index contributed by atoms with van der Waals surface area (Å²) in [5.41, 5.74) is -2.57.